The SMILES string of the molecule is Fc1ccc(Cl)nc1OCc1ncc(C(F)F)s1. The Hall–Kier alpha value is -1.34. The van der Waals surface area contributed by atoms with E-state index in [1.54, 1.807) is 0 Å². The number of alkyl halides is 2. The number of halogens is 4. The van der Waals surface area contributed by atoms with E-state index in [4.69, 9.17) is 16.3 Å². The molecule has 8 heteroatoms. The highest BCUT2D eigenvalue weighted by Crippen LogP contribution is 2.26. The molecule has 2 aromatic heterocycles. The van der Waals surface area contributed by atoms with E-state index >= 15 is 0 Å². The van der Waals surface area contributed by atoms with Crippen molar-refractivity contribution >= 4 is 22.9 Å². The molecule has 0 spiro atoms. The number of aromatic nitrogens is 2. The first-order chi connectivity index (χ1) is 8.56. The van der Waals surface area contributed by atoms with Crippen LogP contribution in [0.15, 0.2) is 18.3 Å². The summed E-state index contributed by atoms with van der Waals surface area (Å²) in [5.74, 6) is -0.957. The smallest absolute Gasteiger partial charge is 0.274 e. The third-order valence-electron chi connectivity index (χ3n) is 1.90. The molecule has 18 heavy (non-hydrogen) atoms. The monoisotopic (exact) mass is 294 g/mol. The molecule has 2 heterocycles. The van der Waals surface area contributed by atoms with Gasteiger partial charge in [0.25, 0.3) is 12.3 Å². The van der Waals surface area contributed by atoms with Gasteiger partial charge in [-0.2, -0.15) is 4.98 Å². The first-order valence-electron chi connectivity index (χ1n) is 4.74. The van der Waals surface area contributed by atoms with E-state index in [0.717, 1.165) is 23.6 Å². The van der Waals surface area contributed by atoms with Crippen molar-refractivity contribution in [2.24, 2.45) is 0 Å². The summed E-state index contributed by atoms with van der Waals surface area (Å²) >= 11 is 6.38. The molecule has 0 unspecified atom stereocenters. The highest BCUT2D eigenvalue weighted by molar-refractivity contribution is 7.11. The Morgan fingerprint density at radius 2 is 2.17 bits per heavy atom. The molecule has 0 aliphatic carbocycles. The molecule has 0 saturated heterocycles. The van der Waals surface area contributed by atoms with E-state index in [1.807, 2.05) is 0 Å². The molecule has 96 valence electrons. The lowest BCUT2D eigenvalue weighted by atomic mass is 10.5. The van der Waals surface area contributed by atoms with Crippen LogP contribution < -0.4 is 4.74 Å². The fourth-order valence-electron chi connectivity index (χ4n) is 1.12. The summed E-state index contributed by atoms with van der Waals surface area (Å²) in [7, 11) is 0. The van der Waals surface area contributed by atoms with Crippen LogP contribution in [0.2, 0.25) is 5.15 Å². The molecule has 0 N–H and O–H groups in total. The Bertz CT molecular complexity index is 550. The van der Waals surface area contributed by atoms with E-state index < -0.39 is 12.2 Å². The largest absolute Gasteiger partial charge is 0.468 e. The topological polar surface area (TPSA) is 35.0 Å². The summed E-state index contributed by atoms with van der Waals surface area (Å²) in [6.45, 7) is -0.137. The van der Waals surface area contributed by atoms with Gasteiger partial charge in [0.15, 0.2) is 5.82 Å². The van der Waals surface area contributed by atoms with Crippen LogP contribution in [-0.4, -0.2) is 9.97 Å². The Morgan fingerprint density at radius 3 is 2.83 bits per heavy atom. The van der Waals surface area contributed by atoms with Gasteiger partial charge in [-0.05, 0) is 12.1 Å². The number of thiazole rings is 1. The molecule has 0 aliphatic rings. The summed E-state index contributed by atoms with van der Waals surface area (Å²) in [5, 5.41) is 0.394. The summed E-state index contributed by atoms with van der Waals surface area (Å²) < 4.78 is 42.9. The Morgan fingerprint density at radius 1 is 1.39 bits per heavy atom. The third-order valence-corrected chi connectivity index (χ3v) is 3.09. The maximum atomic E-state index is 13.2. The molecule has 0 bridgehead atoms. The lowest BCUT2D eigenvalue weighted by Gasteiger charge is -2.03. The van der Waals surface area contributed by atoms with Crippen molar-refractivity contribution in [1.82, 2.24) is 9.97 Å². The second-order valence-corrected chi connectivity index (χ2v) is 4.70. The average Bonchev–Trinajstić information content (AvgIpc) is 2.79. The average molecular weight is 295 g/mol. The van der Waals surface area contributed by atoms with Gasteiger partial charge in [0.2, 0.25) is 0 Å². The second-order valence-electron chi connectivity index (χ2n) is 3.17. The summed E-state index contributed by atoms with van der Waals surface area (Å²) in [5.41, 5.74) is 0. The molecule has 3 nitrogen and oxygen atoms in total. The zero-order valence-electron chi connectivity index (χ0n) is 8.74. The van der Waals surface area contributed by atoms with E-state index in [0.29, 0.717) is 5.01 Å². The molecule has 0 aliphatic heterocycles. The molecule has 0 fully saturated rings. The molecular formula is C10H6ClF3N2OS. The normalized spacial score (nSPS) is 10.9. The quantitative estimate of drug-likeness (QED) is 0.804. The highest BCUT2D eigenvalue weighted by atomic mass is 35.5. The fourth-order valence-corrected chi connectivity index (χ4v) is 1.95. The molecule has 0 saturated carbocycles. The van der Waals surface area contributed by atoms with Crippen LogP contribution in [0.25, 0.3) is 0 Å². The minimum atomic E-state index is -2.57. The number of pyridine rings is 1. The fraction of sp³-hybridized carbons (Fsp3) is 0.200. The number of nitrogens with zero attached hydrogens (tertiary/aromatic N) is 2. The van der Waals surface area contributed by atoms with E-state index in [2.05, 4.69) is 9.97 Å². The summed E-state index contributed by atoms with van der Waals surface area (Å²) in [6, 6.07) is 2.39. The minimum Gasteiger partial charge on any atom is -0.468 e. The zero-order chi connectivity index (χ0) is 13.1. The first kappa shape index (κ1) is 13.1. The van der Waals surface area contributed by atoms with Gasteiger partial charge in [0.1, 0.15) is 16.8 Å². The van der Waals surface area contributed by atoms with E-state index in [-0.39, 0.29) is 22.5 Å². The van der Waals surface area contributed by atoms with Crippen LogP contribution in [0.5, 0.6) is 5.88 Å². The summed E-state index contributed by atoms with van der Waals surface area (Å²) in [6.07, 6.45) is -1.51. The molecule has 0 amide bonds. The van der Waals surface area contributed by atoms with Gasteiger partial charge in [-0.15, -0.1) is 11.3 Å². The van der Waals surface area contributed by atoms with Gasteiger partial charge in [0, 0.05) is 6.20 Å². The van der Waals surface area contributed by atoms with Gasteiger partial charge in [0.05, 0.1) is 4.88 Å². The van der Waals surface area contributed by atoms with Crippen molar-refractivity contribution in [3.05, 3.63) is 39.2 Å². The molecule has 2 rings (SSSR count). The summed E-state index contributed by atoms with van der Waals surface area (Å²) in [4.78, 5) is 7.20. The predicted octanol–water partition coefficient (Wildman–Crippen LogP) is 3.85. The van der Waals surface area contributed by atoms with Crippen molar-refractivity contribution in [2.45, 2.75) is 13.0 Å². The van der Waals surface area contributed by atoms with Crippen molar-refractivity contribution in [2.75, 3.05) is 0 Å². The van der Waals surface area contributed by atoms with Crippen molar-refractivity contribution in [3.8, 4) is 5.88 Å². The maximum Gasteiger partial charge on any atom is 0.274 e. The van der Waals surface area contributed by atoms with Gasteiger partial charge < -0.3 is 4.74 Å². The number of ether oxygens (including phenoxy) is 1. The van der Waals surface area contributed by atoms with Crippen LogP contribution in [0.1, 0.15) is 16.3 Å². The number of rotatable bonds is 4. The standard InChI is InChI=1S/C10H6ClF3N2OS/c11-7-2-1-5(12)10(16-7)17-4-8-15-3-6(18-8)9(13)14/h1-3,9H,4H2. The van der Waals surface area contributed by atoms with E-state index in [9.17, 15) is 13.2 Å². The van der Waals surface area contributed by atoms with Crippen molar-refractivity contribution in [1.29, 1.82) is 0 Å². The Labute approximate surface area is 109 Å². The van der Waals surface area contributed by atoms with E-state index in [1.165, 1.54) is 6.07 Å². The number of hydrogen-bond acceptors (Lipinski definition) is 4. The molecular weight excluding hydrogens is 289 g/mol. The van der Waals surface area contributed by atoms with Crippen LogP contribution in [0.3, 0.4) is 0 Å². The van der Waals surface area contributed by atoms with Gasteiger partial charge in [-0.1, -0.05) is 11.6 Å². The van der Waals surface area contributed by atoms with Gasteiger partial charge >= 0.3 is 0 Å². The Balaban J connectivity index is 2.04. The van der Waals surface area contributed by atoms with Crippen molar-refractivity contribution < 1.29 is 17.9 Å². The zero-order valence-corrected chi connectivity index (χ0v) is 10.3. The minimum absolute atomic E-state index is 0.0822. The lowest BCUT2D eigenvalue weighted by molar-refractivity contribution is 0.155. The first-order valence-corrected chi connectivity index (χ1v) is 5.93. The number of hydrogen-bond donors (Lipinski definition) is 0. The van der Waals surface area contributed by atoms with Gasteiger partial charge in [-0.3, -0.25) is 0 Å². The molecule has 2 aromatic rings. The maximum absolute atomic E-state index is 13.2. The predicted molar refractivity (Wildman–Crippen MR) is 60.6 cm³/mol. The van der Waals surface area contributed by atoms with Crippen molar-refractivity contribution in [3.63, 3.8) is 0 Å². The van der Waals surface area contributed by atoms with Gasteiger partial charge in [-0.25, -0.2) is 18.2 Å². The van der Waals surface area contributed by atoms with Crippen LogP contribution in [-0.2, 0) is 6.61 Å². The molecule has 0 atom stereocenters. The molecule has 0 aromatic carbocycles. The highest BCUT2D eigenvalue weighted by Gasteiger charge is 2.13. The third kappa shape index (κ3) is 3.11. The van der Waals surface area contributed by atoms with Crippen LogP contribution in [0.4, 0.5) is 13.2 Å². The lowest BCUT2D eigenvalue weighted by Crippen LogP contribution is -1.99. The van der Waals surface area contributed by atoms with Crippen LogP contribution >= 0.6 is 22.9 Å². The van der Waals surface area contributed by atoms with Crippen LogP contribution in [0, 0.1) is 5.82 Å². The molecule has 0 radical (unpaired) electrons. The second kappa shape index (κ2) is 5.53. The Kier molecular flexibility index (Phi) is 4.03.